The van der Waals surface area contributed by atoms with E-state index in [1.807, 2.05) is 32.9 Å². The number of para-hydroxylation sites is 1. The summed E-state index contributed by atoms with van der Waals surface area (Å²) in [5, 5.41) is 1.05. The fourth-order valence-electron chi connectivity index (χ4n) is 5.55. The number of methoxy groups -OCH3 is 1. The first kappa shape index (κ1) is 32.0. The lowest BCUT2D eigenvalue weighted by Crippen LogP contribution is -2.54. The van der Waals surface area contributed by atoms with E-state index in [1.54, 1.807) is 64.9 Å². The predicted octanol–water partition coefficient (Wildman–Crippen LogP) is 5.03. The van der Waals surface area contributed by atoms with Crippen molar-refractivity contribution in [2.45, 2.75) is 46.4 Å². The molecule has 1 aromatic heterocycles. The molecular formula is C34H37ClN4O6. The number of rotatable bonds is 9. The largest absolute Gasteiger partial charge is 0.489 e. The SMILES string of the molecule is COC(=O)c1ccc(OC(C)C)c(-n2c(CN3CCN(C(=O)COc4ccc(Cl)cc4)C[C@@H]3C)nc3ccccc3c2=O)c1C. The molecular weight excluding hydrogens is 596 g/mol. The first-order valence-electron chi connectivity index (χ1n) is 14.9. The molecule has 10 nitrogen and oxygen atoms in total. The van der Waals surface area contributed by atoms with Gasteiger partial charge >= 0.3 is 5.97 Å². The molecule has 0 saturated carbocycles. The topological polar surface area (TPSA) is 103 Å². The summed E-state index contributed by atoms with van der Waals surface area (Å²) >= 11 is 5.94. The van der Waals surface area contributed by atoms with Crippen molar-refractivity contribution in [2.75, 3.05) is 33.4 Å². The number of benzene rings is 3. The minimum absolute atomic E-state index is 0.0380. The molecule has 2 heterocycles. The summed E-state index contributed by atoms with van der Waals surface area (Å²) in [4.78, 5) is 48.9. The monoisotopic (exact) mass is 632 g/mol. The lowest BCUT2D eigenvalue weighted by molar-refractivity contribution is -0.136. The molecule has 236 valence electrons. The number of amides is 1. The number of nitrogens with zero attached hydrogens (tertiary/aromatic N) is 4. The number of esters is 1. The Balaban J connectivity index is 1.47. The predicted molar refractivity (Wildman–Crippen MR) is 173 cm³/mol. The number of carbonyl (C=O) groups excluding carboxylic acids is 2. The van der Waals surface area contributed by atoms with Gasteiger partial charge in [-0.05, 0) is 81.8 Å². The summed E-state index contributed by atoms with van der Waals surface area (Å²) in [5.74, 6) is 0.910. The fraction of sp³-hybridized carbons (Fsp3) is 0.353. The minimum atomic E-state index is -0.511. The second-order valence-corrected chi connectivity index (χ2v) is 11.8. The van der Waals surface area contributed by atoms with Crippen molar-refractivity contribution >= 4 is 34.4 Å². The van der Waals surface area contributed by atoms with Crippen molar-refractivity contribution in [3.05, 3.63) is 93.0 Å². The van der Waals surface area contributed by atoms with Crippen LogP contribution in [0.25, 0.3) is 16.6 Å². The average Bonchev–Trinajstić information content (AvgIpc) is 3.02. The quantitative estimate of drug-likeness (QED) is 0.237. The lowest BCUT2D eigenvalue weighted by atomic mass is 10.0. The van der Waals surface area contributed by atoms with E-state index in [2.05, 4.69) is 4.90 Å². The molecule has 1 aliphatic heterocycles. The van der Waals surface area contributed by atoms with Crippen molar-refractivity contribution in [3.8, 4) is 17.2 Å². The van der Waals surface area contributed by atoms with Gasteiger partial charge < -0.3 is 19.1 Å². The van der Waals surface area contributed by atoms with E-state index in [4.69, 9.17) is 30.8 Å². The third-order valence-corrected chi connectivity index (χ3v) is 8.12. The number of halogens is 1. The number of piperazine rings is 1. The smallest absolute Gasteiger partial charge is 0.338 e. The molecule has 45 heavy (non-hydrogen) atoms. The maximum atomic E-state index is 14.2. The molecule has 0 spiro atoms. The number of fused-ring (bicyclic) bond motifs is 1. The van der Waals surface area contributed by atoms with Crippen molar-refractivity contribution < 1.29 is 23.8 Å². The standard InChI is InChI=1S/C34H37ClN4O6/c1-21(2)45-29-15-14-26(34(42)43-5)23(4)32(29)39-30(36-28-9-7-6-8-27(28)33(39)41)19-37-16-17-38(18-22(37)3)31(40)20-44-25-12-10-24(35)11-13-25/h6-15,21-22H,16-20H2,1-5H3/t22-/m0/s1. The zero-order chi connectivity index (χ0) is 32.2. The Bertz CT molecular complexity index is 1770. The summed E-state index contributed by atoms with van der Waals surface area (Å²) in [6.07, 6.45) is -0.186. The number of carbonyl (C=O) groups is 2. The molecule has 1 saturated heterocycles. The number of hydrogen-bond donors (Lipinski definition) is 0. The van der Waals surface area contributed by atoms with Gasteiger partial charge in [0, 0.05) is 30.7 Å². The van der Waals surface area contributed by atoms with Gasteiger partial charge in [0.05, 0.1) is 41.9 Å². The van der Waals surface area contributed by atoms with Crippen LogP contribution in [-0.2, 0) is 16.1 Å². The molecule has 3 aromatic carbocycles. The Labute approximate surface area is 267 Å². The summed E-state index contributed by atoms with van der Waals surface area (Å²) in [7, 11) is 1.32. The van der Waals surface area contributed by atoms with Crippen LogP contribution in [0.5, 0.6) is 11.5 Å². The van der Waals surface area contributed by atoms with Crippen LogP contribution in [0.4, 0.5) is 0 Å². The lowest BCUT2D eigenvalue weighted by Gasteiger charge is -2.39. The van der Waals surface area contributed by atoms with Crippen molar-refractivity contribution in [1.29, 1.82) is 0 Å². The van der Waals surface area contributed by atoms with Crippen molar-refractivity contribution in [3.63, 3.8) is 0 Å². The molecule has 0 aliphatic carbocycles. The van der Waals surface area contributed by atoms with Gasteiger partial charge in [0.2, 0.25) is 0 Å². The summed E-state index contributed by atoms with van der Waals surface area (Å²) in [6, 6.07) is 17.4. The van der Waals surface area contributed by atoms with Crippen LogP contribution in [-0.4, -0.2) is 76.7 Å². The van der Waals surface area contributed by atoms with E-state index < -0.39 is 5.97 Å². The van der Waals surface area contributed by atoms with Gasteiger partial charge in [-0.3, -0.25) is 19.1 Å². The molecule has 1 atom stereocenters. The third-order valence-electron chi connectivity index (χ3n) is 7.87. The molecule has 5 rings (SSSR count). The van der Waals surface area contributed by atoms with Gasteiger partial charge in [-0.2, -0.15) is 0 Å². The highest BCUT2D eigenvalue weighted by atomic mass is 35.5. The molecule has 1 fully saturated rings. The van der Waals surface area contributed by atoms with E-state index in [0.29, 0.717) is 76.2 Å². The van der Waals surface area contributed by atoms with Gasteiger partial charge in [-0.15, -0.1) is 0 Å². The minimum Gasteiger partial charge on any atom is -0.489 e. The van der Waals surface area contributed by atoms with Crippen LogP contribution >= 0.6 is 11.6 Å². The fourth-order valence-corrected chi connectivity index (χ4v) is 5.68. The normalized spacial score (nSPS) is 15.4. The van der Waals surface area contributed by atoms with E-state index >= 15 is 0 Å². The van der Waals surface area contributed by atoms with Crippen LogP contribution in [0.2, 0.25) is 5.02 Å². The Morgan fingerprint density at radius 3 is 2.47 bits per heavy atom. The Morgan fingerprint density at radius 2 is 1.78 bits per heavy atom. The third kappa shape index (κ3) is 6.97. The van der Waals surface area contributed by atoms with Crippen LogP contribution in [0.1, 0.15) is 42.5 Å². The first-order chi connectivity index (χ1) is 21.6. The first-order valence-corrected chi connectivity index (χ1v) is 15.2. The maximum absolute atomic E-state index is 14.2. The van der Waals surface area contributed by atoms with Crippen LogP contribution in [0, 0.1) is 6.92 Å². The Hall–Kier alpha value is -4.41. The van der Waals surface area contributed by atoms with Gasteiger partial charge in [0.25, 0.3) is 11.5 Å². The van der Waals surface area contributed by atoms with E-state index in [-0.39, 0.29) is 30.2 Å². The number of ether oxygens (including phenoxy) is 3. The van der Waals surface area contributed by atoms with Gasteiger partial charge in [-0.25, -0.2) is 9.78 Å². The van der Waals surface area contributed by atoms with E-state index in [0.717, 1.165) is 0 Å². The summed E-state index contributed by atoms with van der Waals surface area (Å²) < 4.78 is 18.4. The number of aromatic nitrogens is 2. The zero-order valence-electron chi connectivity index (χ0n) is 26.1. The van der Waals surface area contributed by atoms with Crippen molar-refractivity contribution in [1.82, 2.24) is 19.4 Å². The highest BCUT2D eigenvalue weighted by molar-refractivity contribution is 6.30. The van der Waals surface area contributed by atoms with Gasteiger partial charge in [0.1, 0.15) is 17.3 Å². The Kier molecular flexibility index (Phi) is 9.74. The summed E-state index contributed by atoms with van der Waals surface area (Å²) in [5.41, 5.74) is 1.63. The molecule has 1 aliphatic rings. The maximum Gasteiger partial charge on any atom is 0.338 e. The molecule has 0 unspecified atom stereocenters. The summed E-state index contributed by atoms with van der Waals surface area (Å²) in [6.45, 7) is 9.41. The molecule has 0 radical (unpaired) electrons. The van der Waals surface area contributed by atoms with Gasteiger partial charge in [-0.1, -0.05) is 23.7 Å². The highest BCUT2D eigenvalue weighted by Gasteiger charge is 2.30. The highest BCUT2D eigenvalue weighted by Crippen LogP contribution is 2.31. The second-order valence-electron chi connectivity index (χ2n) is 11.3. The van der Waals surface area contributed by atoms with Gasteiger partial charge in [0.15, 0.2) is 6.61 Å². The molecule has 1 amide bonds. The molecule has 0 N–H and O–H groups in total. The van der Waals surface area contributed by atoms with E-state index in [9.17, 15) is 14.4 Å². The average molecular weight is 633 g/mol. The van der Waals surface area contributed by atoms with Crippen LogP contribution < -0.4 is 15.0 Å². The number of hydrogen-bond acceptors (Lipinski definition) is 8. The zero-order valence-corrected chi connectivity index (χ0v) is 26.8. The molecule has 0 bridgehead atoms. The second kappa shape index (κ2) is 13.7. The van der Waals surface area contributed by atoms with Crippen molar-refractivity contribution in [2.24, 2.45) is 0 Å². The molecule has 4 aromatic rings. The van der Waals surface area contributed by atoms with Crippen LogP contribution in [0.3, 0.4) is 0 Å². The molecule has 11 heteroatoms. The van der Waals surface area contributed by atoms with E-state index in [1.165, 1.54) is 7.11 Å². The Morgan fingerprint density at radius 1 is 1.04 bits per heavy atom. The van der Waals surface area contributed by atoms with Crippen LogP contribution in [0.15, 0.2) is 65.5 Å².